The van der Waals surface area contributed by atoms with Gasteiger partial charge in [-0.3, -0.25) is 4.74 Å². The topological polar surface area (TPSA) is 24.5 Å². The standard InChI is InChI=1S/C12H23F3N2O/c1-11(2)5-6-16-10(11)4-7-17(3)8-9-18-12(13,14)15/h10,16H,4-9H2,1-3H3. The first-order chi connectivity index (χ1) is 8.21. The van der Waals surface area contributed by atoms with Gasteiger partial charge in [-0.15, -0.1) is 13.2 Å². The van der Waals surface area contributed by atoms with Crippen molar-refractivity contribution < 1.29 is 17.9 Å². The zero-order valence-electron chi connectivity index (χ0n) is 11.3. The number of hydrogen-bond donors (Lipinski definition) is 1. The quantitative estimate of drug-likeness (QED) is 0.799. The average molecular weight is 268 g/mol. The highest BCUT2D eigenvalue weighted by Gasteiger charge is 2.33. The lowest BCUT2D eigenvalue weighted by atomic mass is 9.83. The molecule has 18 heavy (non-hydrogen) atoms. The minimum atomic E-state index is -4.52. The Bertz CT molecular complexity index is 256. The Hall–Kier alpha value is -0.330. The van der Waals surface area contributed by atoms with E-state index in [9.17, 15) is 13.2 Å². The van der Waals surface area contributed by atoms with Crippen LogP contribution in [0.4, 0.5) is 13.2 Å². The summed E-state index contributed by atoms with van der Waals surface area (Å²) in [5.41, 5.74) is 0.281. The van der Waals surface area contributed by atoms with E-state index in [0.29, 0.717) is 12.6 Å². The van der Waals surface area contributed by atoms with Crippen molar-refractivity contribution >= 4 is 0 Å². The van der Waals surface area contributed by atoms with E-state index in [2.05, 4.69) is 23.9 Å². The average Bonchev–Trinajstić information content (AvgIpc) is 2.52. The van der Waals surface area contributed by atoms with Gasteiger partial charge in [0.2, 0.25) is 0 Å². The van der Waals surface area contributed by atoms with Gasteiger partial charge in [0.15, 0.2) is 0 Å². The van der Waals surface area contributed by atoms with Gasteiger partial charge in [0, 0.05) is 12.6 Å². The van der Waals surface area contributed by atoms with Gasteiger partial charge in [-0.2, -0.15) is 0 Å². The first-order valence-electron chi connectivity index (χ1n) is 6.33. The van der Waals surface area contributed by atoms with E-state index in [1.54, 1.807) is 0 Å². The molecule has 108 valence electrons. The fourth-order valence-corrected chi connectivity index (χ4v) is 2.29. The maximum absolute atomic E-state index is 11.8. The molecule has 3 nitrogen and oxygen atoms in total. The molecule has 0 radical (unpaired) electrons. The van der Waals surface area contributed by atoms with Crippen molar-refractivity contribution in [3.05, 3.63) is 0 Å². The van der Waals surface area contributed by atoms with Crippen molar-refractivity contribution in [3.8, 4) is 0 Å². The highest BCUT2D eigenvalue weighted by molar-refractivity contribution is 4.90. The molecular weight excluding hydrogens is 245 g/mol. The molecule has 6 heteroatoms. The van der Waals surface area contributed by atoms with Crippen molar-refractivity contribution in [3.63, 3.8) is 0 Å². The molecule has 0 aromatic heterocycles. The normalized spacial score (nSPS) is 23.8. The van der Waals surface area contributed by atoms with E-state index < -0.39 is 6.36 Å². The van der Waals surface area contributed by atoms with Gasteiger partial charge in [-0.05, 0) is 38.4 Å². The summed E-state index contributed by atoms with van der Waals surface area (Å²) < 4.78 is 39.1. The van der Waals surface area contributed by atoms with Crippen LogP contribution in [0.3, 0.4) is 0 Å². The van der Waals surface area contributed by atoms with E-state index in [4.69, 9.17) is 0 Å². The second-order valence-electron chi connectivity index (χ2n) is 5.63. The number of ether oxygens (including phenoxy) is 1. The Kier molecular flexibility index (Phi) is 5.43. The Labute approximate surface area is 107 Å². The molecule has 1 atom stereocenters. The second-order valence-corrected chi connectivity index (χ2v) is 5.63. The summed E-state index contributed by atoms with van der Waals surface area (Å²) in [7, 11) is 1.82. The molecule has 0 bridgehead atoms. The van der Waals surface area contributed by atoms with Crippen LogP contribution in [0.15, 0.2) is 0 Å². The van der Waals surface area contributed by atoms with Crippen LogP contribution in [0.5, 0.6) is 0 Å². The van der Waals surface area contributed by atoms with Crippen LogP contribution >= 0.6 is 0 Å². The van der Waals surface area contributed by atoms with Crippen molar-refractivity contribution in [1.29, 1.82) is 0 Å². The predicted molar refractivity (Wildman–Crippen MR) is 64.3 cm³/mol. The van der Waals surface area contributed by atoms with Crippen LogP contribution in [-0.2, 0) is 4.74 Å². The molecule has 0 aliphatic carbocycles. The van der Waals surface area contributed by atoms with Gasteiger partial charge < -0.3 is 10.2 Å². The molecule has 0 amide bonds. The van der Waals surface area contributed by atoms with Gasteiger partial charge in [-0.1, -0.05) is 13.8 Å². The van der Waals surface area contributed by atoms with Crippen LogP contribution in [0.2, 0.25) is 0 Å². The third-order valence-electron chi connectivity index (χ3n) is 3.64. The number of nitrogens with one attached hydrogen (secondary N) is 1. The molecule has 1 aliphatic heterocycles. The molecule has 1 fully saturated rings. The predicted octanol–water partition coefficient (Wildman–Crippen LogP) is 2.23. The van der Waals surface area contributed by atoms with Crippen molar-refractivity contribution in [2.24, 2.45) is 5.41 Å². The van der Waals surface area contributed by atoms with Gasteiger partial charge in [-0.25, -0.2) is 0 Å². The van der Waals surface area contributed by atoms with Gasteiger partial charge in [0.25, 0.3) is 0 Å². The van der Waals surface area contributed by atoms with Crippen LogP contribution in [0, 0.1) is 5.41 Å². The van der Waals surface area contributed by atoms with Crippen molar-refractivity contribution in [2.45, 2.75) is 39.1 Å². The van der Waals surface area contributed by atoms with Crippen LogP contribution in [0.25, 0.3) is 0 Å². The minimum absolute atomic E-state index is 0.281. The second kappa shape index (κ2) is 6.21. The van der Waals surface area contributed by atoms with Crippen LogP contribution < -0.4 is 5.32 Å². The summed E-state index contributed by atoms with van der Waals surface area (Å²) in [4.78, 5) is 1.88. The first-order valence-corrected chi connectivity index (χ1v) is 6.33. The van der Waals surface area contributed by atoms with E-state index in [0.717, 1.165) is 25.9 Å². The molecular formula is C12H23F3N2O. The molecule has 0 aromatic carbocycles. The number of alkyl halides is 3. The van der Waals surface area contributed by atoms with Crippen LogP contribution in [-0.4, -0.2) is 50.6 Å². The number of nitrogens with zero attached hydrogens (tertiary/aromatic N) is 1. The van der Waals surface area contributed by atoms with E-state index in [-0.39, 0.29) is 12.0 Å². The van der Waals surface area contributed by atoms with Crippen LogP contribution in [0.1, 0.15) is 26.7 Å². The molecule has 1 unspecified atom stereocenters. The summed E-state index contributed by atoms with van der Waals surface area (Å²) in [5, 5.41) is 3.44. The highest BCUT2D eigenvalue weighted by atomic mass is 19.4. The monoisotopic (exact) mass is 268 g/mol. The number of halogens is 3. The summed E-state index contributed by atoms with van der Waals surface area (Å²) in [6, 6.07) is 0.448. The number of rotatable bonds is 6. The largest absolute Gasteiger partial charge is 0.522 e. The Morgan fingerprint density at radius 2 is 2.00 bits per heavy atom. The zero-order chi connectivity index (χ0) is 13.8. The number of hydrogen-bond acceptors (Lipinski definition) is 3. The van der Waals surface area contributed by atoms with E-state index in [1.165, 1.54) is 0 Å². The molecule has 1 saturated heterocycles. The highest BCUT2D eigenvalue weighted by Crippen LogP contribution is 2.31. The fraction of sp³-hybridized carbons (Fsp3) is 1.00. The third kappa shape index (κ3) is 5.54. The Balaban J connectivity index is 2.15. The third-order valence-corrected chi connectivity index (χ3v) is 3.64. The Morgan fingerprint density at radius 1 is 1.33 bits per heavy atom. The molecule has 1 aliphatic rings. The zero-order valence-corrected chi connectivity index (χ0v) is 11.3. The summed E-state index contributed by atoms with van der Waals surface area (Å²) in [6.45, 7) is 6.25. The SMILES string of the molecule is CN(CCOC(F)(F)F)CCC1NCCC1(C)C. The molecule has 1 heterocycles. The van der Waals surface area contributed by atoms with E-state index in [1.807, 2.05) is 11.9 Å². The molecule has 1 rings (SSSR count). The minimum Gasteiger partial charge on any atom is -0.313 e. The van der Waals surface area contributed by atoms with Crippen molar-refractivity contribution in [1.82, 2.24) is 10.2 Å². The molecule has 0 spiro atoms. The van der Waals surface area contributed by atoms with Gasteiger partial charge in [0.1, 0.15) is 0 Å². The molecule has 0 saturated carbocycles. The maximum atomic E-state index is 11.8. The first kappa shape index (κ1) is 15.7. The van der Waals surface area contributed by atoms with Gasteiger partial charge >= 0.3 is 6.36 Å². The summed E-state index contributed by atoms with van der Waals surface area (Å²) >= 11 is 0. The lowest BCUT2D eigenvalue weighted by Gasteiger charge is -2.28. The molecule has 1 N–H and O–H groups in total. The lowest BCUT2D eigenvalue weighted by molar-refractivity contribution is -0.324. The number of likely N-dealkylation sites (N-methyl/N-ethyl adjacent to an activating group) is 1. The smallest absolute Gasteiger partial charge is 0.313 e. The maximum Gasteiger partial charge on any atom is 0.522 e. The van der Waals surface area contributed by atoms with E-state index >= 15 is 0 Å². The molecule has 0 aromatic rings. The lowest BCUT2D eigenvalue weighted by Crippen LogP contribution is -2.37. The Morgan fingerprint density at radius 3 is 2.50 bits per heavy atom. The van der Waals surface area contributed by atoms with Crippen molar-refractivity contribution in [2.75, 3.05) is 33.3 Å². The summed E-state index contributed by atoms with van der Waals surface area (Å²) in [6.07, 6.45) is -2.41. The van der Waals surface area contributed by atoms with Gasteiger partial charge in [0.05, 0.1) is 6.61 Å². The summed E-state index contributed by atoms with van der Waals surface area (Å²) in [5.74, 6) is 0. The fourth-order valence-electron chi connectivity index (χ4n) is 2.29.